The molecule has 32 heavy (non-hydrogen) atoms. The summed E-state index contributed by atoms with van der Waals surface area (Å²) in [5.41, 5.74) is 3.64. The number of nitrogens with zero attached hydrogens (tertiary/aromatic N) is 4. The Labute approximate surface area is 187 Å². The van der Waals surface area contributed by atoms with Gasteiger partial charge in [0, 0.05) is 11.2 Å². The Morgan fingerprint density at radius 2 is 1.84 bits per heavy atom. The zero-order valence-corrected chi connectivity index (χ0v) is 17.8. The van der Waals surface area contributed by atoms with Gasteiger partial charge in [0.1, 0.15) is 11.5 Å². The van der Waals surface area contributed by atoms with Gasteiger partial charge in [0.05, 0.1) is 28.3 Å². The summed E-state index contributed by atoms with van der Waals surface area (Å²) in [6, 6.07) is 18.8. The number of fused-ring (bicyclic) bond motifs is 1. The number of rotatable bonds is 5. The first-order valence-electron chi connectivity index (χ1n) is 9.97. The van der Waals surface area contributed by atoms with E-state index in [2.05, 4.69) is 35.5 Å². The second kappa shape index (κ2) is 8.24. The molecular weight excluding hydrogens is 426 g/mol. The first-order chi connectivity index (χ1) is 15.6. The van der Waals surface area contributed by atoms with Gasteiger partial charge in [-0.15, -0.1) is 0 Å². The Kier molecular flexibility index (Phi) is 5.12. The Morgan fingerprint density at radius 3 is 2.69 bits per heavy atom. The maximum Gasteiger partial charge on any atom is 0.275 e. The molecule has 0 aliphatic heterocycles. The van der Waals surface area contributed by atoms with Crippen LogP contribution in [0.4, 0.5) is 5.95 Å². The molecule has 0 saturated heterocycles. The van der Waals surface area contributed by atoms with E-state index in [4.69, 9.17) is 11.6 Å². The van der Waals surface area contributed by atoms with Crippen LogP contribution in [0, 0.1) is 0 Å². The van der Waals surface area contributed by atoms with E-state index in [1.807, 2.05) is 37.3 Å². The van der Waals surface area contributed by atoms with Gasteiger partial charge in [0.15, 0.2) is 0 Å². The van der Waals surface area contributed by atoms with E-state index in [1.165, 1.54) is 0 Å². The summed E-state index contributed by atoms with van der Waals surface area (Å²) >= 11 is 6.05. The molecule has 0 fully saturated rings. The Hall–Kier alpha value is -4.04. The van der Waals surface area contributed by atoms with Gasteiger partial charge >= 0.3 is 0 Å². The maximum absolute atomic E-state index is 12.5. The highest BCUT2D eigenvalue weighted by molar-refractivity contribution is 6.31. The quantitative estimate of drug-likeness (QED) is 0.366. The third-order valence-electron chi connectivity index (χ3n) is 5.07. The maximum atomic E-state index is 12.5. The highest BCUT2D eigenvalue weighted by Gasteiger charge is 2.14. The minimum atomic E-state index is -0.357. The van der Waals surface area contributed by atoms with Crippen LogP contribution < -0.4 is 10.9 Å². The van der Waals surface area contributed by atoms with Gasteiger partial charge in [0.2, 0.25) is 5.95 Å². The second-order valence-electron chi connectivity index (χ2n) is 7.29. The third kappa shape index (κ3) is 3.95. The minimum absolute atomic E-state index is 0.0212. The van der Waals surface area contributed by atoms with Crippen LogP contribution in [0.25, 0.3) is 33.8 Å². The molecule has 3 aromatic heterocycles. The highest BCUT2D eigenvalue weighted by atomic mass is 35.5. The molecular formula is C23H18ClN7O. The molecule has 5 rings (SSSR count). The molecule has 0 spiro atoms. The fraction of sp³-hybridized carbons (Fsp3) is 0.0870. The Morgan fingerprint density at radius 1 is 1.00 bits per heavy atom. The monoisotopic (exact) mass is 443 g/mol. The average molecular weight is 444 g/mol. The fourth-order valence-corrected chi connectivity index (χ4v) is 3.58. The lowest BCUT2D eigenvalue weighted by atomic mass is 10.1. The summed E-state index contributed by atoms with van der Waals surface area (Å²) in [6.45, 7) is 2.04. The van der Waals surface area contributed by atoms with E-state index < -0.39 is 0 Å². The number of H-pyrrole nitrogens is 2. The SMILES string of the molecule is C[C@@H](Nc1nccc(-c2cc(-c3nc4ccc(Cl)cc4[nH]3)c(=O)[nH]n2)n1)c1ccccc1. The molecule has 3 N–H and O–H groups in total. The van der Waals surface area contributed by atoms with Crippen molar-refractivity contribution in [3.63, 3.8) is 0 Å². The van der Waals surface area contributed by atoms with Crippen molar-refractivity contribution in [2.75, 3.05) is 5.32 Å². The number of aromatic nitrogens is 6. The van der Waals surface area contributed by atoms with Crippen LogP contribution >= 0.6 is 11.6 Å². The van der Waals surface area contributed by atoms with Crippen molar-refractivity contribution in [1.82, 2.24) is 30.1 Å². The number of hydrogen-bond donors (Lipinski definition) is 3. The average Bonchev–Trinajstić information content (AvgIpc) is 3.23. The van der Waals surface area contributed by atoms with Crippen molar-refractivity contribution in [3.8, 4) is 22.8 Å². The molecule has 3 heterocycles. The van der Waals surface area contributed by atoms with E-state index in [-0.39, 0.29) is 11.6 Å². The molecule has 0 aliphatic carbocycles. The van der Waals surface area contributed by atoms with E-state index in [0.29, 0.717) is 39.3 Å². The molecule has 2 aromatic carbocycles. The van der Waals surface area contributed by atoms with Crippen LogP contribution in [0.1, 0.15) is 18.5 Å². The van der Waals surface area contributed by atoms with Gasteiger partial charge in [-0.05, 0) is 42.8 Å². The summed E-state index contributed by atoms with van der Waals surface area (Å²) in [5.74, 6) is 0.893. The first-order valence-corrected chi connectivity index (χ1v) is 10.3. The topological polar surface area (TPSA) is 112 Å². The Bertz CT molecular complexity index is 1460. The zero-order chi connectivity index (χ0) is 22.1. The molecule has 0 bridgehead atoms. The molecule has 9 heteroatoms. The lowest BCUT2D eigenvalue weighted by Crippen LogP contribution is -2.13. The van der Waals surface area contributed by atoms with Gasteiger partial charge in [0.25, 0.3) is 5.56 Å². The van der Waals surface area contributed by atoms with Gasteiger partial charge < -0.3 is 10.3 Å². The van der Waals surface area contributed by atoms with Crippen molar-refractivity contribution in [3.05, 3.63) is 87.8 Å². The van der Waals surface area contributed by atoms with Crippen LogP contribution in [-0.2, 0) is 0 Å². The number of anilines is 1. The lowest BCUT2D eigenvalue weighted by Gasteiger charge is -2.14. The van der Waals surface area contributed by atoms with Gasteiger partial charge in [-0.1, -0.05) is 41.9 Å². The van der Waals surface area contributed by atoms with Gasteiger partial charge in [-0.2, -0.15) is 5.10 Å². The molecule has 0 radical (unpaired) electrons. The van der Waals surface area contributed by atoms with Crippen LogP contribution in [0.3, 0.4) is 0 Å². The second-order valence-corrected chi connectivity index (χ2v) is 7.72. The van der Waals surface area contributed by atoms with Crippen LogP contribution in [0.15, 0.2) is 71.7 Å². The van der Waals surface area contributed by atoms with Crippen molar-refractivity contribution >= 4 is 28.6 Å². The predicted octanol–water partition coefficient (Wildman–Crippen LogP) is 4.60. The molecule has 0 aliphatic rings. The number of benzene rings is 2. The highest BCUT2D eigenvalue weighted by Crippen LogP contribution is 2.24. The van der Waals surface area contributed by atoms with Crippen LogP contribution in [-0.4, -0.2) is 30.1 Å². The number of nitrogens with one attached hydrogen (secondary N) is 3. The van der Waals surface area contributed by atoms with E-state index in [0.717, 1.165) is 11.1 Å². The first kappa shape index (κ1) is 19.9. The summed E-state index contributed by atoms with van der Waals surface area (Å²) in [5, 5.41) is 10.6. The van der Waals surface area contributed by atoms with Crippen molar-refractivity contribution in [1.29, 1.82) is 0 Å². The molecule has 8 nitrogen and oxygen atoms in total. The predicted molar refractivity (Wildman–Crippen MR) is 124 cm³/mol. The normalized spacial score (nSPS) is 12.1. The summed E-state index contributed by atoms with van der Waals surface area (Å²) in [7, 11) is 0. The minimum Gasteiger partial charge on any atom is -0.348 e. The van der Waals surface area contributed by atoms with Crippen molar-refractivity contribution in [2.45, 2.75) is 13.0 Å². The lowest BCUT2D eigenvalue weighted by molar-refractivity contribution is 0.860. The molecule has 158 valence electrons. The summed E-state index contributed by atoms with van der Waals surface area (Å²) in [6.07, 6.45) is 1.65. The molecule has 5 aromatic rings. The zero-order valence-electron chi connectivity index (χ0n) is 17.0. The fourth-order valence-electron chi connectivity index (χ4n) is 3.41. The summed E-state index contributed by atoms with van der Waals surface area (Å²) < 4.78 is 0. The standard InChI is InChI=1S/C23H18ClN7O/c1-13(14-5-3-2-4-6-14)26-23-25-10-9-18(29-23)20-12-16(22(32)31-30-20)21-27-17-8-7-15(24)11-19(17)28-21/h2-13H,1H3,(H,27,28)(H,31,32)(H,25,26,29)/t13-/m1/s1. The van der Waals surface area contributed by atoms with Gasteiger partial charge in [-0.25, -0.2) is 20.1 Å². The van der Waals surface area contributed by atoms with Crippen molar-refractivity contribution in [2.24, 2.45) is 0 Å². The van der Waals surface area contributed by atoms with Crippen LogP contribution in [0.2, 0.25) is 5.02 Å². The Balaban J connectivity index is 1.48. The van der Waals surface area contributed by atoms with Crippen LogP contribution in [0.5, 0.6) is 0 Å². The third-order valence-corrected chi connectivity index (χ3v) is 5.30. The largest absolute Gasteiger partial charge is 0.348 e. The van der Waals surface area contributed by atoms with Crippen molar-refractivity contribution < 1.29 is 0 Å². The molecule has 1 atom stereocenters. The number of imidazole rings is 1. The molecule has 0 unspecified atom stereocenters. The van der Waals surface area contributed by atoms with E-state index >= 15 is 0 Å². The molecule has 0 saturated carbocycles. The number of hydrogen-bond acceptors (Lipinski definition) is 6. The molecule has 0 amide bonds. The van der Waals surface area contributed by atoms with Gasteiger partial charge in [-0.3, -0.25) is 4.79 Å². The number of halogens is 1. The van der Waals surface area contributed by atoms with E-state index in [9.17, 15) is 4.79 Å². The smallest absolute Gasteiger partial charge is 0.275 e. The summed E-state index contributed by atoms with van der Waals surface area (Å²) in [4.78, 5) is 29.0. The van der Waals surface area contributed by atoms with E-state index in [1.54, 1.807) is 36.5 Å². The number of aromatic amines is 2.